The monoisotopic (exact) mass is 167 g/mol. The van der Waals surface area contributed by atoms with E-state index in [4.69, 9.17) is 15.0 Å². The van der Waals surface area contributed by atoms with Crippen LogP contribution in [0.15, 0.2) is 12.7 Å². The van der Waals surface area contributed by atoms with Crippen LogP contribution in [0, 0.1) is 0 Å². The van der Waals surface area contributed by atoms with Crippen molar-refractivity contribution >= 4 is 7.60 Å². The van der Waals surface area contributed by atoms with Crippen molar-refractivity contribution in [2.24, 2.45) is 0 Å². The SMILES string of the molecule is C=CCN(O)CP(=O)(O)O. The molecule has 60 valence electrons. The molecule has 0 aliphatic carbocycles. The second kappa shape index (κ2) is 3.85. The highest BCUT2D eigenvalue weighted by molar-refractivity contribution is 7.51. The molecule has 6 heteroatoms. The zero-order chi connectivity index (χ0) is 8.20. The molecular formula is C4H10NO4P. The third-order valence-electron chi connectivity index (χ3n) is 0.687. The van der Waals surface area contributed by atoms with E-state index in [2.05, 4.69) is 6.58 Å². The number of nitrogens with zero attached hydrogens (tertiary/aromatic N) is 1. The molecule has 0 radical (unpaired) electrons. The second-order valence-electron chi connectivity index (χ2n) is 1.78. The average Bonchev–Trinajstić information content (AvgIpc) is 1.59. The molecular weight excluding hydrogens is 157 g/mol. The Hall–Kier alpha value is -0.190. The molecule has 0 unspecified atom stereocenters. The molecule has 0 atom stereocenters. The highest BCUT2D eigenvalue weighted by Crippen LogP contribution is 2.34. The molecule has 0 fully saturated rings. The van der Waals surface area contributed by atoms with Crippen LogP contribution in [0.3, 0.4) is 0 Å². The minimum Gasteiger partial charge on any atom is -0.323 e. The van der Waals surface area contributed by atoms with Gasteiger partial charge in [-0.1, -0.05) is 6.08 Å². The van der Waals surface area contributed by atoms with Crippen molar-refractivity contribution in [2.45, 2.75) is 0 Å². The van der Waals surface area contributed by atoms with Crippen molar-refractivity contribution in [3.05, 3.63) is 12.7 Å². The Balaban J connectivity index is 3.68. The van der Waals surface area contributed by atoms with Crippen molar-refractivity contribution in [1.82, 2.24) is 5.06 Å². The van der Waals surface area contributed by atoms with Crippen molar-refractivity contribution < 1.29 is 19.6 Å². The van der Waals surface area contributed by atoms with Gasteiger partial charge in [0.1, 0.15) is 6.29 Å². The summed E-state index contributed by atoms with van der Waals surface area (Å²) in [6.07, 6.45) is 0.689. The Labute approximate surface area is 58.7 Å². The molecule has 0 aliphatic rings. The van der Waals surface area contributed by atoms with Gasteiger partial charge in [0.05, 0.1) is 0 Å². The van der Waals surface area contributed by atoms with Gasteiger partial charge < -0.3 is 15.0 Å². The van der Waals surface area contributed by atoms with E-state index < -0.39 is 13.9 Å². The number of hydrogen-bond acceptors (Lipinski definition) is 3. The van der Waals surface area contributed by atoms with Gasteiger partial charge in [-0.25, -0.2) is 0 Å². The molecule has 3 N–H and O–H groups in total. The lowest BCUT2D eigenvalue weighted by atomic mass is 10.6. The van der Waals surface area contributed by atoms with Crippen LogP contribution < -0.4 is 0 Å². The van der Waals surface area contributed by atoms with E-state index in [9.17, 15) is 4.57 Å². The van der Waals surface area contributed by atoms with Crippen molar-refractivity contribution in [2.75, 3.05) is 12.8 Å². The molecule has 0 heterocycles. The van der Waals surface area contributed by atoms with Crippen LogP contribution >= 0.6 is 7.60 Å². The minimum absolute atomic E-state index is 0.0467. The van der Waals surface area contributed by atoms with Crippen LogP contribution in [0.4, 0.5) is 0 Å². The van der Waals surface area contributed by atoms with E-state index in [1.54, 1.807) is 0 Å². The number of rotatable bonds is 4. The van der Waals surface area contributed by atoms with Gasteiger partial charge in [0.25, 0.3) is 0 Å². The molecule has 0 saturated heterocycles. The van der Waals surface area contributed by atoms with Gasteiger partial charge in [0.2, 0.25) is 0 Å². The second-order valence-corrected chi connectivity index (χ2v) is 3.40. The Bertz CT molecular complexity index is 153. The van der Waals surface area contributed by atoms with Gasteiger partial charge >= 0.3 is 7.60 Å². The zero-order valence-corrected chi connectivity index (χ0v) is 6.24. The first-order chi connectivity index (χ1) is 4.45. The molecule has 0 saturated carbocycles. The van der Waals surface area contributed by atoms with Crippen LogP contribution in [0.1, 0.15) is 0 Å². The third kappa shape index (κ3) is 5.94. The standard InChI is InChI=1S/C4H10NO4P/c1-2-3-5(6)4-10(7,8)9/h2,6H,1,3-4H2,(H2,7,8,9). The van der Waals surface area contributed by atoms with E-state index in [1.807, 2.05) is 0 Å². The van der Waals surface area contributed by atoms with Gasteiger partial charge in [-0.05, 0) is 0 Å². The Morgan fingerprint density at radius 3 is 2.40 bits per heavy atom. The molecule has 0 aromatic rings. The van der Waals surface area contributed by atoms with Gasteiger partial charge in [-0.3, -0.25) is 4.57 Å². The summed E-state index contributed by atoms with van der Waals surface area (Å²) in [5, 5.41) is 9.16. The maximum atomic E-state index is 10.2. The molecule has 0 aromatic carbocycles. The maximum Gasteiger partial charge on any atom is 0.341 e. The van der Waals surface area contributed by atoms with Gasteiger partial charge in [0.15, 0.2) is 0 Å². The minimum atomic E-state index is -4.12. The molecule has 0 bridgehead atoms. The van der Waals surface area contributed by atoms with E-state index in [-0.39, 0.29) is 6.54 Å². The first-order valence-corrected chi connectivity index (χ1v) is 4.35. The highest BCUT2D eigenvalue weighted by Gasteiger charge is 2.16. The van der Waals surface area contributed by atoms with Gasteiger partial charge in [0, 0.05) is 6.54 Å². The summed E-state index contributed by atoms with van der Waals surface area (Å²) in [6.45, 7) is 3.32. The van der Waals surface area contributed by atoms with Crippen LogP contribution in [-0.4, -0.2) is 32.9 Å². The molecule has 0 spiro atoms. The molecule has 10 heavy (non-hydrogen) atoms. The van der Waals surface area contributed by atoms with Crippen LogP contribution in [0.2, 0.25) is 0 Å². The van der Waals surface area contributed by atoms with Gasteiger partial charge in [-0.2, -0.15) is 5.06 Å². The lowest BCUT2D eigenvalue weighted by Crippen LogP contribution is -2.20. The Morgan fingerprint density at radius 2 is 2.10 bits per heavy atom. The summed E-state index contributed by atoms with van der Waals surface area (Å²) in [7, 11) is -4.12. The maximum absolute atomic E-state index is 10.2. The van der Waals surface area contributed by atoms with E-state index in [0.717, 1.165) is 0 Å². The Morgan fingerprint density at radius 1 is 1.60 bits per heavy atom. The Kier molecular flexibility index (Phi) is 3.78. The van der Waals surface area contributed by atoms with Crippen molar-refractivity contribution in [3.8, 4) is 0 Å². The molecule has 0 rings (SSSR count). The quantitative estimate of drug-likeness (QED) is 0.312. The van der Waals surface area contributed by atoms with Crippen molar-refractivity contribution in [1.29, 1.82) is 0 Å². The predicted octanol–water partition coefficient (Wildman–Crippen LogP) is -0.00120. The fourth-order valence-electron chi connectivity index (χ4n) is 0.419. The van der Waals surface area contributed by atoms with Crippen LogP contribution in [-0.2, 0) is 4.57 Å². The molecule has 0 aromatic heterocycles. The summed E-state index contributed by atoms with van der Waals surface area (Å²) in [6, 6.07) is 0. The lowest BCUT2D eigenvalue weighted by molar-refractivity contribution is -0.0662. The molecule has 5 nitrogen and oxygen atoms in total. The molecule has 0 amide bonds. The normalized spacial score (nSPS) is 12.0. The summed E-state index contributed by atoms with van der Waals surface area (Å²) in [4.78, 5) is 16.6. The number of hydroxylamine groups is 2. The van der Waals surface area contributed by atoms with E-state index >= 15 is 0 Å². The van der Waals surface area contributed by atoms with Crippen LogP contribution in [0.5, 0.6) is 0 Å². The summed E-state index contributed by atoms with van der Waals surface area (Å²) in [5.41, 5.74) is 0. The van der Waals surface area contributed by atoms with E-state index in [0.29, 0.717) is 5.06 Å². The topological polar surface area (TPSA) is 81.0 Å². The number of hydrogen-bond donors (Lipinski definition) is 3. The van der Waals surface area contributed by atoms with Crippen LogP contribution in [0.25, 0.3) is 0 Å². The third-order valence-corrected chi connectivity index (χ3v) is 1.38. The molecule has 0 aliphatic heterocycles. The summed E-state index contributed by atoms with van der Waals surface area (Å²) < 4.78 is 10.2. The lowest BCUT2D eigenvalue weighted by Gasteiger charge is -2.12. The predicted molar refractivity (Wildman–Crippen MR) is 35.6 cm³/mol. The zero-order valence-electron chi connectivity index (χ0n) is 5.34. The average molecular weight is 167 g/mol. The van der Waals surface area contributed by atoms with Gasteiger partial charge in [-0.15, -0.1) is 6.58 Å². The smallest absolute Gasteiger partial charge is 0.323 e. The van der Waals surface area contributed by atoms with E-state index in [1.165, 1.54) is 6.08 Å². The fourth-order valence-corrected chi connectivity index (χ4v) is 0.960. The van der Waals surface area contributed by atoms with Crippen molar-refractivity contribution in [3.63, 3.8) is 0 Å². The largest absolute Gasteiger partial charge is 0.341 e. The fraction of sp³-hybridized carbons (Fsp3) is 0.500. The summed E-state index contributed by atoms with van der Waals surface area (Å²) in [5.74, 6) is 0. The summed E-state index contributed by atoms with van der Waals surface area (Å²) >= 11 is 0. The highest BCUT2D eigenvalue weighted by atomic mass is 31.2. The first kappa shape index (κ1) is 9.81. The first-order valence-electron chi connectivity index (χ1n) is 2.55.